The Labute approximate surface area is 97.3 Å². The molecule has 0 aromatic rings. The van der Waals surface area contributed by atoms with Gasteiger partial charge in [0.1, 0.15) is 5.78 Å². The van der Waals surface area contributed by atoms with Crippen molar-refractivity contribution in [2.45, 2.75) is 44.3 Å². The lowest BCUT2D eigenvalue weighted by Gasteiger charge is -2.21. The molecule has 0 aromatic carbocycles. The van der Waals surface area contributed by atoms with Gasteiger partial charge < -0.3 is 4.74 Å². The van der Waals surface area contributed by atoms with E-state index in [4.69, 9.17) is 4.74 Å². The van der Waals surface area contributed by atoms with E-state index >= 15 is 0 Å². The fourth-order valence-electron chi connectivity index (χ4n) is 1.85. The van der Waals surface area contributed by atoms with Gasteiger partial charge in [0, 0.05) is 26.1 Å². The first-order valence-electron chi connectivity index (χ1n) is 5.87. The molecular formula is C11H20O4S. The Kier molecular flexibility index (Phi) is 5.41. The van der Waals surface area contributed by atoms with E-state index in [-0.39, 0.29) is 16.8 Å². The molecule has 16 heavy (non-hydrogen) atoms. The Morgan fingerprint density at radius 2 is 1.94 bits per heavy atom. The summed E-state index contributed by atoms with van der Waals surface area (Å²) < 4.78 is 28.9. The molecule has 0 N–H and O–H groups in total. The lowest BCUT2D eigenvalue weighted by Crippen LogP contribution is -2.30. The Balaban J connectivity index is 2.36. The SMILES string of the molecule is CCC(=O)CCCS(=O)(=O)C1CCOCC1. The molecule has 5 heteroatoms. The van der Waals surface area contributed by atoms with Gasteiger partial charge in [0.25, 0.3) is 0 Å². The lowest BCUT2D eigenvalue weighted by molar-refractivity contribution is -0.118. The highest BCUT2D eigenvalue weighted by Gasteiger charge is 2.27. The topological polar surface area (TPSA) is 60.4 Å². The maximum atomic E-state index is 11.9. The molecule has 1 aliphatic heterocycles. The zero-order chi connectivity index (χ0) is 12.0. The van der Waals surface area contributed by atoms with Crippen LogP contribution in [0.5, 0.6) is 0 Å². The van der Waals surface area contributed by atoms with Crippen molar-refractivity contribution in [1.82, 2.24) is 0 Å². The third kappa shape index (κ3) is 4.22. The van der Waals surface area contributed by atoms with Crippen LogP contribution in [0.15, 0.2) is 0 Å². The van der Waals surface area contributed by atoms with Gasteiger partial charge in [-0.05, 0) is 19.3 Å². The first-order valence-corrected chi connectivity index (χ1v) is 7.59. The minimum atomic E-state index is -3.02. The largest absolute Gasteiger partial charge is 0.381 e. The molecule has 1 saturated heterocycles. The van der Waals surface area contributed by atoms with Crippen LogP contribution in [-0.4, -0.2) is 38.4 Å². The van der Waals surface area contributed by atoms with Gasteiger partial charge in [-0.15, -0.1) is 0 Å². The van der Waals surface area contributed by atoms with E-state index in [0.29, 0.717) is 45.3 Å². The number of carbonyl (C=O) groups is 1. The van der Waals surface area contributed by atoms with E-state index in [1.165, 1.54) is 0 Å². The molecule has 0 aromatic heterocycles. The van der Waals surface area contributed by atoms with Crippen molar-refractivity contribution in [1.29, 1.82) is 0 Å². The molecular weight excluding hydrogens is 228 g/mol. The third-order valence-corrected chi connectivity index (χ3v) is 5.30. The monoisotopic (exact) mass is 248 g/mol. The summed E-state index contributed by atoms with van der Waals surface area (Å²) >= 11 is 0. The van der Waals surface area contributed by atoms with E-state index < -0.39 is 9.84 Å². The molecule has 94 valence electrons. The minimum Gasteiger partial charge on any atom is -0.381 e. The number of hydrogen-bond acceptors (Lipinski definition) is 4. The van der Waals surface area contributed by atoms with Crippen molar-refractivity contribution in [3.8, 4) is 0 Å². The van der Waals surface area contributed by atoms with Crippen molar-refractivity contribution in [3.05, 3.63) is 0 Å². The highest BCUT2D eigenvalue weighted by Crippen LogP contribution is 2.17. The van der Waals surface area contributed by atoms with Crippen molar-refractivity contribution >= 4 is 15.6 Å². The van der Waals surface area contributed by atoms with E-state index in [1.54, 1.807) is 6.92 Å². The summed E-state index contributed by atoms with van der Waals surface area (Å²) in [5.74, 6) is 0.283. The quantitative estimate of drug-likeness (QED) is 0.711. The van der Waals surface area contributed by atoms with Gasteiger partial charge in [0.05, 0.1) is 11.0 Å². The van der Waals surface area contributed by atoms with Crippen molar-refractivity contribution < 1.29 is 17.9 Å². The van der Waals surface area contributed by atoms with E-state index in [0.717, 1.165) is 0 Å². The zero-order valence-electron chi connectivity index (χ0n) is 9.78. The summed E-state index contributed by atoms with van der Waals surface area (Å²) in [4.78, 5) is 11.1. The average Bonchev–Trinajstić information content (AvgIpc) is 2.30. The summed E-state index contributed by atoms with van der Waals surface area (Å²) in [7, 11) is -3.02. The molecule has 1 rings (SSSR count). The molecule has 0 saturated carbocycles. The summed E-state index contributed by atoms with van der Waals surface area (Å²) in [6.07, 6.45) is 2.55. The normalized spacial score (nSPS) is 18.6. The van der Waals surface area contributed by atoms with Gasteiger partial charge >= 0.3 is 0 Å². The average molecular weight is 248 g/mol. The van der Waals surface area contributed by atoms with E-state index in [2.05, 4.69) is 0 Å². The van der Waals surface area contributed by atoms with Crippen LogP contribution in [0, 0.1) is 0 Å². The Morgan fingerprint density at radius 3 is 2.50 bits per heavy atom. The van der Waals surface area contributed by atoms with E-state index in [1.807, 2.05) is 0 Å². The molecule has 1 aliphatic rings. The van der Waals surface area contributed by atoms with Crippen LogP contribution in [-0.2, 0) is 19.4 Å². The lowest BCUT2D eigenvalue weighted by atomic mass is 10.2. The molecule has 1 heterocycles. The first-order chi connectivity index (χ1) is 7.56. The number of sulfone groups is 1. The molecule has 0 spiro atoms. The highest BCUT2D eigenvalue weighted by atomic mass is 32.2. The van der Waals surface area contributed by atoms with Gasteiger partial charge in [0.15, 0.2) is 9.84 Å². The van der Waals surface area contributed by atoms with Gasteiger partial charge in [-0.25, -0.2) is 8.42 Å². The van der Waals surface area contributed by atoms with Gasteiger partial charge in [-0.3, -0.25) is 4.79 Å². The summed E-state index contributed by atoms with van der Waals surface area (Å²) in [6.45, 7) is 2.88. The first kappa shape index (κ1) is 13.6. The van der Waals surface area contributed by atoms with E-state index in [9.17, 15) is 13.2 Å². The molecule has 0 unspecified atom stereocenters. The molecule has 1 fully saturated rings. The van der Waals surface area contributed by atoms with Crippen LogP contribution in [0.2, 0.25) is 0 Å². The maximum Gasteiger partial charge on any atom is 0.153 e. The van der Waals surface area contributed by atoms with Crippen LogP contribution >= 0.6 is 0 Å². The van der Waals surface area contributed by atoms with Crippen LogP contribution in [0.3, 0.4) is 0 Å². The Morgan fingerprint density at radius 1 is 1.31 bits per heavy atom. The molecule has 0 atom stereocenters. The van der Waals surface area contributed by atoms with Crippen LogP contribution in [0.4, 0.5) is 0 Å². The van der Waals surface area contributed by atoms with Crippen LogP contribution in [0.25, 0.3) is 0 Å². The zero-order valence-corrected chi connectivity index (χ0v) is 10.6. The summed E-state index contributed by atoms with van der Waals surface area (Å²) in [5.41, 5.74) is 0. The van der Waals surface area contributed by atoms with Crippen molar-refractivity contribution in [2.24, 2.45) is 0 Å². The number of ketones is 1. The second-order valence-corrected chi connectivity index (χ2v) is 6.58. The van der Waals surface area contributed by atoms with Gasteiger partial charge in [-0.2, -0.15) is 0 Å². The molecule has 0 bridgehead atoms. The smallest absolute Gasteiger partial charge is 0.153 e. The van der Waals surface area contributed by atoms with Crippen LogP contribution < -0.4 is 0 Å². The molecule has 0 aliphatic carbocycles. The Hall–Kier alpha value is -0.420. The van der Waals surface area contributed by atoms with Gasteiger partial charge in [-0.1, -0.05) is 6.92 Å². The second-order valence-electron chi connectivity index (χ2n) is 4.17. The second kappa shape index (κ2) is 6.35. The number of Topliss-reactive ketones (excluding diaryl/α,β-unsaturated/α-hetero) is 1. The molecule has 4 nitrogen and oxygen atoms in total. The van der Waals surface area contributed by atoms with Gasteiger partial charge in [0.2, 0.25) is 0 Å². The number of hydrogen-bond donors (Lipinski definition) is 0. The fourth-order valence-corrected chi connectivity index (χ4v) is 3.64. The highest BCUT2D eigenvalue weighted by molar-refractivity contribution is 7.92. The summed E-state index contributed by atoms with van der Waals surface area (Å²) in [5, 5.41) is -0.252. The number of carbonyl (C=O) groups excluding carboxylic acids is 1. The maximum absolute atomic E-state index is 11.9. The number of ether oxygens (including phenoxy) is 1. The predicted molar refractivity (Wildman–Crippen MR) is 62.2 cm³/mol. The van der Waals surface area contributed by atoms with Crippen molar-refractivity contribution in [2.75, 3.05) is 19.0 Å². The summed E-state index contributed by atoms with van der Waals surface area (Å²) in [6, 6.07) is 0. The van der Waals surface area contributed by atoms with Crippen LogP contribution in [0.1, 0.15) is 39.0 Å². The standard InChI is InChI=1S/C11H20O4S/c1-2-10(12)4-3-9-16(13,14)11-5-7-15-8-6-11/h11H,2-9H2,1H3. The molecule has 0 radical (unpaired) electrons. The third-order valence-electron chi connectivity index (χ3n) is 2.96. The predicted octanol–water partition coefficient (Wildman–Crippen LogP) is 1.34. The number of rotatable bonds is 6. The Bertz CT molecular complexity index is 315. The van der Waals surface area contributed by atoms with Crippen molar-refractivity contribution in [3.63, 3.8) is 0 Å². The minimum absolute atomic E-state index is 0.141. The molecule has 0 amide bonds. The fraction of sp³-hybridized carbons (Fsp3) is 0.909.